The van der Waals surface area contributed by atoms with Crippen molar-refractivity contribution in [1.82, 2.24) is 5.43 Å². The van der Waals surface area contributed by atoms with E-state index in [9.17, 15) is 10.5 Å². The smallest absolute Gasteiger partial charge is 0.0863 e. The summed E-state index contributed by atoms with van der Waals surface area (Å²) in [6.45, 7) is 0. The molecule has 0 aromatic carbocycles. The molecule has 22 heavy (non-hydrogen) atoms. The Morgan fingerprint density at radius 1 is 0.818 bits per heavy atom. The summed E-state index contributed by atoms with van der Waals surface area (Å²) >= 11 is 0. The Labute approximate surface area is 134 Å². The molecule has 2 saturated carbocycles. The molecule has 2 fully saturated rings. The van der Waals surface area contributed by atoms with Gasteiger partial charge in [-0.15, -0.1) is 0 Å². The lowest BCUT2D eigenvalue weighted by atomic mass is 9.88. The van der Waals surface area contributed by atoms with Crippen molar-refractivity contribution in [3.05, 3.63) is 0 Å². The first-order valence-corrected chi connectivity index (χ1v) is 8.96. The van der Waals surface area contributed by atoms with Gasteiger partial charge in [0.15, 0.2) is 0 Å². The monoisotopic (exact) mass is 300 g/mol. The van der Waals surface area contributed by atoms with Crippen molar-refractivity contribution in [3.63, 3.8) is 0 Å². The third-order valence-corrected chi connectivity index (χ3v) is 5.04. The van der Waals surface area contributed by atoms with Crippen LogP contribution in [0.1, 0.15) is 77.0 Å². The maximum absolute atomic E-state index is 9.40. The number of nitrogens with one attached hydrogen (secondary N) is 1. The van der Waals surface area contributed by atoms with Gasteiger partial charge in [-0.25, -0.2) is 0 Å². The molecule has 2 aliphatic carbocycles. The van der Waals surface area contributed by atoms with Gasteiger partial charge < -0.3 is 5.43 Å². The first kappa shape index (κ1) is 16.8. The largest absolute Gasteiger partial charge is 0.306 e. The highest BCUT2D eigenvalue weighted by Gasteiger charge is 2.23. The van der Waals surface area contributed by atoms with Crippen molar-refractivity contribution in [2.24, 2.45) is 16.9 Å². The molecule has 4 heteroatoms. The Morgan fingerprint density at radius 2 is 1.50 bits per heavy atom. The Kier molecular flexibility index (Phi) is 7.23. The van der Waals surface area contributed by atoms with E-state index in [0.29, 0.717) is 0 Å². The van der Waals surface area contributed by atoms with Crippen LogP contribution in [0.25, 0.3) is 0 Å². The lowest BCUT2D eigenvalue weighted by Gasteiger charge is -2.25. The van der Waals surface area contributed by atoms with Crippen molar-refractivity contribution in [2.45, 2.75) is 83.1 Å². The fourth-order valence-electron chi connectivity index (χ4n) is 3.58. The highest BCUT2D eigenvalue weighted by atomic mass is 15.3. The van der Waals surface area contributed by atoms with Crippen LogP contribution in [0.3, 0.4) is 0 Å². The summed E-state index contributed by atoms with van der Waals surface area (Å²) in [4.78, 5) is 0. The van der Waals surface area contributed by atoms with E-state index in [-0.39, 0.29) is 17.9 Å². The summed E-state index contributed by atoms with van der Waals surface area (Å²) in [5.74, 6) is 0.0145. The fraction of sp³-hybridized carbons (Fsp3) is 0.833. The van der Waals surface area contributed by atoms with Crippen LogP contribution in [0.2, 0.25) is 0 Å². The minimum Gasteiger partial charge on any atom is -0.306 e. The van der Waals surface area contributed by atoms with E-state index in [0.717, 1.165) is 50.7 Å². The van der Waals surface area contributed by atoms with Crippen molar-refractivity contribution >= 4 is 5.71 Å². The molecule has 2 aliphatic rings. The zero-order chi connectivity index (χ0) is 15.6. The first-order valence-electron chi connectivity index (χ1n) is 8.96. The molecule has 0 aliphatic heterocycles. The van der Waals surface area contributed by atoms with E-state index >= 15 is 0 Å². The van der Waals surface area contributed by atoms with Crippen LogP contribution in [0, 0.1) is 34.5 Å². The lowest BCUT2D eigenvalue weighted by Crippen LogP contribution is -2.34. The highest BCUT2D eigenvalue weighted by molar-refractivity contribution is 5.88. The average Bonchev–Trinajstić information content (AvgIpc) is 2.48. The normalized spacial score (nSPS) is 32.6. The van der Waals surface area contributed by atoms with Crippen LogP contribution in [0.5, 0.6) is 0 Å². The summed E-state index contributed by atoms with van der Waals surface area (Å²) in [6.07, 6.45) is 13.4. The van der Waals surface area contributed by atoms with Crippen LogP contribution in [-0.2, 0) is 0 Å². The van der Waals surface area contributed by atoms with Crippen LogP contribution >= 0.6 is 0 Å². The molecule has 0 saturated heterocycles. The van der Waals surface area contributed by atoms with E-state index in [1.54, 1.807) is 0 Å². The first-order chi connectivity index (χ1) is 10.8. The minimum atomic E-state index is -0.0399. The fourth-order valence-corrected chi connectivity index (χ4v) is 3.58. The predicted molar refractivity (Wildman–Crippen MR) is 88.0 cm³/mol. The van der Waals surface area contributed by atoms with Gasteiger partial charge in [0.1, 0.15) is 0 Å². The Hall–Kier alpha value is -1.55. The van der Waals surface area contributed by atoms with Gasteiger partial charge in [0.25, 0.3) is 0 Å². The number of hydrazone groups is 1. The standard InChI is InChI=1S/C18H28N4/c19-13-15-9-5-1-3-7-11-17(15)21-22-18-12-8-4-2-6-10-16(18)14-20/h15-17,21H,1-12H2. The zero-order valence-corrected chi connectivity index (χ0v) is 13.6. The SMILES string of the molecule is N#CC1CCCCCCC1=NNC1CCCCCCC1C#N. The molecule has 4 nitrogen and oxygen atoms in total. The number of hydrogen-bond donors (Lipinski definition) is 1. The molecule has 2 rings (SSSR count). The van der Waals surface area contributed by atoms with Crippen LogP contribution in [-0.4, -0.2) is 11.8 Å². The van der Waals surface area contributed by atoms with Gasteiger partial charge >= 0.3 is 0 Å². The molecule has 0 amide bonds. The number of nitriles is 2. The molecule has 0 aromatic rings. The second-order valence-corrected chi connectivity index (χ2v) is 6.70. The molecular formula is C18H28N4. The van der Waals surface area contributed by atoms with Crippen LogP contribution in [0.4, 0.5) is 0 Å². The topological polar surface area (TPSA) is 72.0 Å². The Morgan fingerprint density at radius 3 is 2.23 bits per heavy atom. The summed E-state index contributed by atoms with van der Waals surface area (Å²) in [6, 6.07) is 5.04. The molecule has 0 bridgehead atoms. The maximum atomic E-state index is 9.40. The van der Waals surface area contributed by atoms with Gasteiger partial charge in [0.2, 0.25) is 0 Å². The van der Waals surface area contributed by atoms with Crippen molar-refractivity contribution in [3.8, 4) is 12.1 Å². The summed E-state index contributed by atoms with van der Waals surface area (Å²) in [7, 11) is 0. The summed E-state index contributed by atoms with van der Waals surface area (Å²) in [5, 5.41) is 23.4. The molecule has 0 aromatic heterocycles. The Bertz CT molecular complexity index is 443. The molecule has 0 heterocycles. The van der Waals surface area contributed by atoms with E-state index in [4.69, 9.17) is 0 Å². The second kappa shape index (κ2) is 9.46. The highest BCUT2D eigenvalue weighted by Crippen LogP contribution is 2.23. The molecule has 120 valence electrons. The van der Waals surface area contributed by atoms with Gasteiger partial charge in [0.05, 0.1) is 35.7 Å². The van der Waals surface area contributed by atoms with Crippen molar-refractivity contribution < 1.29 is 0 Å². The molecule has 1 N–H and O–H groups in total. The number of rotatable bonds is 2. The van der Waals surface area contributed by atoms with E-state index in [1.165, 1.54) is 32.1 Å². The zero-order valence-electron chi connectivity index (χ0n) is 13.6. The van der Waals surface area contributed by atoms with Crippen LogP contribution in [0.15, 0.2) is 5.10 Å². The quantitative estimate of drug-likeness (QED) is 0.773. The van der Waals surface area contributed by atoms with E-state index in [2.05, 4.69) is 22.7 Å². The lowest BCUT2D eigenvalue weighted by molar-refractivity contribution is 0.337. The second-order valence-electron chi connectivity index (χ2n) is 6.70. The molecule has 3 unspecified atom stereocenters. The molecule has 0 spiro atoms. The van der Waals surface area contributed by atoms with Gasteiger partial charge in [-0.1, -0.05) is 44.9 Å². The van der Waals surface area contributed by atoms with Gasteiger partial charge in [-0.05, 0) is 32.1 Å². The van der Waals surface area contributed by atoms with E-state index in [1.807, 2.05) is 0 Å². The van der Waals surface area contributed by atoms with E-state index < -0.39 is 0 Å². The summed E-state index contributed by atoms with van der Waals surface area (Å²) in [5.41, 5.74) is 4.30. The Balaban J connectivity index is 2.01. The minimum absolute atomic E-state index is 0.0399. The van der Waals surface area contributed by atoms with Crippen LogP contribution < -0.4 is 5.43 Å². The molecular weight excluding hydrogens is 272 g/mol. The van der Waals surface area contributed by atoms with Crippen molar-refractivity contribution in [1.29, 1.82) is 10.5 Å². The van der Waals surface area contributed by atoms with Gasteiger partial charge in [0, 0.05) is 0 Å². The van der Waals surface area contributed by atoms with Gasteiger partial charge in [-0.2, -0.15) is 15.6 Å². The number of hydrogen-bond acceptors (Lipinski definition) is 4. The predicted octanol–water partition coefficient (Wildman–Crippen LogP) is 4.29. The maximum Gasteiger partial charge on any atom is 0.0863 e. The average molecular weight is 300 g/mol. The van der Waals surface area contributed by atoms with Gasteiger partial charge in [-0.3, -0.25) is 0 Å². The molecule has 0 radical (unpaired) electrons. The molecule has 3 atom stereocenters. The summed E-state index contributed by atoms with van der Waals surface area (Å²) < 4.78 is 0. The third-order valence-electron chi connectivity index (χ3n) is 5.04. The number of nitrogens with zero attached hydrogens (tertiary/aromatic N) is 3. The third kappa shape index (κ3) is 5.02. The van der Waals surface area contributed by atoms with Crippen molar-refractivity contribution in [2.75, 3.05) is 0 Å².